The number of hydrogen-bond acceptors (Lipinski definition) is 2. The minimum absolute atomic E-state index is 0.333. The first-order valence-electron chi connectivity index (χ1n) is 8.18. The summed E-state index contributed by atoms with van der Waals surface area (Å²) >= 11 is 2.53. The molecular weight excluding hydrogens is 377 g/mol. The van der Waals surface area contributed by atoms with Gasteiger partial charge >= 0.3 is 0 Å². The molecule has 4 atom stereocenters. The molecule has 20 heavy (non-hydrogen) atoms. The fourth-order valence-electron chi connectivity index (χ4n) is 3.41. The average molecular weight is 409 g/mol. The summed E-state index contributed by atoms with van der Waals surface area (Å²) < 4.78 is 7.79. The second-order valence-electron chi connectivity index (χ2n) is 8.24. The summed E-state index contributed by atoms with van der Waals surface area (Å²) in [5.74, 6) is 1.94. The molecule has 0 radical (unpaired) electrons. The molecule has 118 valence electrons. The topological polar surface area (TPSA) is 12.5 Å². The molecule has 0 aliphatic carbocycles. The van der Waals surface area contributed by atoms with E-state index in [1.54, 1.807) is 0 Å². The lowest BCUT2D eigenvalue weighted by Crippen LogP contribution is -2.56. The molecule has 1 unspecified atom stereocenters. The van der Waals surface area contributed by atoms with Crippen molar-refractivity contribution >= 4 is 30.9 Å². The van der Waals surface area contributed by atoms with Crippen LogP contribution in [0.4, 0.5) is 0 Å². The Labute approximate surface area is 140 Å². The van der Waals surface area contributed by atoms with Crippen molar-refractivity contribution in [3.05, 3.63) is 0 Å². The number of alkyl halides is 1. The average Bonchev–Trinajstić information content (AvgIpc) is 2.36. The molecule has 3 aliphatic heterocycles. The number of nitrogens with zero attached hydrogens (tertiary/aromatic N) is 1. The molecule has 0 N–H and O–H groups in total. The van der Waals surface area contributed by atoms with Gasteiger partial charge in [-0.3, -0.25) is 4.90 Å². The molecule has 4 heteroatoms. The van der Waals surface area contributed by atoms with Crippen molar-refractivity contribution in [3.8, 4) is 0 Å². The van der Waals surface area contributed by atoms with E-state index in [0.717, 1.165) is 18.4 Å². The van der Waals surface area contributed by atoms with E-state index in [4.69, 9.17) is 4.43 Å². The van der Waals surface area contributed by atoms with E-state index in [9.17, 15) is 0 Å². The van der Waals surface area contributed by atoms with Crippen LogP contribution in [0.3, 0.4) is 0 Å². The van der Waals surface area contributed by atoms with E-state index in [2.05, 4.69) is 61.4 Å². The molecule has 3 rings (SSSR count). The van der Waals surface area contributed by atoms with E-state index < -0.39 is 8.32 Å². The third kappa shape index (κ3) is 3.79. The standard InChI is InChI=1S/C16H32INOSi/c1-16(2,3)20(4,5)19-12-15-10-13-7-9-18(15)11-14(13)6-8-17/h13-15H,6-12H2,1-5H3/t13-,14-,15-/m0/s1. The number of piperidine rings is 3. The lowest BCUT2D eigenvalue weighted by Gasteiger charge is -2.51. The molecule has 0 saturated carbocycles. The van der Waals surface area contributed by atoms with Crippen molar-refractivity contribution in [3.63, 3.8) is 0 Å². The second kappa shape index (κ2) is 6.55. The van der Waals surface area contributed by atoms with Gasteiger partial charge in [0.2, 0.25) is 0 Å². The van der Waals surface area contributed by atoms with Crippen molar-refractivity contribution < 1.29 is 4.43 Å². The second-order valence-corrected chi connectivity index (χ2v) is 14.1. The van der Waals surface area contributed by atoms with E-state index in [0.29, 0.717) is 11.1 Å². The van der Waals surface area contributed by atoms with E-state index in [1.807, 2.05) is 0 Å². The van der Waals surface area contributed by atoms with Crippen LogP contribution in [0.5, 0.6) is 0 Å². The van der Waals surface area contributed by atoms with Gasteiger partial charge in [-0.25, -0.2) is 0 Å². The highest BCUT2D eigenvalue weighted by Gasteiger charge is 2.42. The van der Waals surface area contributed by atoms with Gasteiger partial charge in [0.25, 0.3) is 0 Å². The normalized spacial score (nSPS) is 34.5. The molecule has 2 nitrogen and oxygen atoms in total. The summed E-state index contributed by atoms with van der Waals surface area (Å²) in [5, 5.41) is 0.333. The largest absolute Gasteiger partial charge is 0.415 e. The fraction of sp³-hybridized carbons (Fsp3) is 1.00. The van der Waals surface area contributed by atoms with Crippen molar-refractivity contribution in [2.24, 2.45) is 11.8 Å². The van der Waals surface area contributed by atoms with Crippen molar-refractivity contribution in [2.45, 2.75) is 64.2 Å². The molecule has 3 saturated heterocycles. The van der Waals surface area contributed by atoms with Gasteiger partial charge in [0.15, 0.2) is 8.32 Å². The zero-order chi connectivity index (χ0) is 15.0. The highest BCUT2D eigenvalue weighted by molar-refractivity contribution is 14.1. The van der Waals surface area contributed by atoms with Gasteiger partial charge in [-0.05, 0) is 60.2 Å². The molecule has 3 aliphatic rings. The number of rotatable bonds is 5. The fourth-order valence-corrected chi connectivity index (χ4v) is 5.25. The lowest BCUT2D eigenvalue weighted by molar-refractivity contribution is -0.0192. The summed E-state index contributed by atoms with van der Waals surface area (Å²) in [6.45, 7) is 15.4. The number of fused-ring (bicyclic) bond motifs is 3. The predicted molar refractivity (Wildman–Crippen MR) is 98.2 cm³/mol. The third-order valence-corrected chi connectivity index (χ3v) is 11.1. The van der Waals surface area contributed by atoms with Gasteiger partial charge in [0.1, 0.15) is 0 Å². The molecule has 2 bridgehead atoms. The third-order valence-electron chi connectivity index (χ3n) is 5.94. The summed E-state index contributed by atoms with van der Waals surface area (Å²) in [6.07, 6.45) is 4.23. The Morgan fingerprint density at radius 2 is 2.00 bits per heavy atom. The Bertz CT molecular complexity index is 329. The molecular formula is C16H32INOSi. The summed E-state index contributed by atoms with van der Waals surface area (Å²) in [4.78, 5) is 2.73. The molecule has 3 fully saturated rings. The SMILES string of the molecule is CC(C)(C)[Si](C)(C)OC[C@@H]1C[C@@H]2CCN1C[C@@H]2CCI. The van der Waals surface area contributed by atoms with Crippen molar-refractivity contribution in [1.82, 2.24) is 4.90 Å². The smallest absolute Gasteiger partial charge is 0.192 e. The molecule has 3 heterocycles. The molecule has 0 amide bonds. The van der Waals surface area contributed by atoms with Crippen LogP contribution in [-0.4, -0.2) is 43.4 Å². The molecule has 0 spiro atoms. The maximum absolute atomic E-state index is 6.48. The van der Waals surface area contributed by atoms with Crippen LogP contribution in [0, 0.1) is 11.8 Å². The molecule has 0 aromatic carbocycles. The number of hydrogen-bond donors (Lipinski definition) is 0. The van der Waals surface area contributed by atoms with E-state index in [-0.39, 0.29) is 0 Å². The van der Waals surface area contributed by atoms with Gasteiger partial charge in [-0.2, -0.15) is 0 Å². The van der Waals surface area contributed by atoms with Crippen LogP contribution in [0.2, 0.25) is 18.1 Å². The quantitative estimate of drug-likeness (QED) is 0.376. The van der Waals surface area contributed by atoms with Crippen LogP contribution >= 0.6 is 22.6 Å². The van der Waals surface area contributed by atoms with Gasteiger partial charge in [-0.15, -0.1) is 0 Å². The van der Waals surface area contributed by atoms with E-state index >= 15 is 0 Å². The lowest BCUT2D eigenvalue weighted by atomic mass is 9.75. The van der Waals surface area contributed by atoms with Gasteiger partial charge in [0, 0.05) is 19.2 Å². The first-order chi connectivity index (χ1) is 9.24. The first-order valence-corrected chi connectivity index (χ1v) is 12.6. The Hall–Kier alpha value is 0.867. The van der Waals surface area contributed by atoms with Crippen LogP contribution < -0.4 is 0 Å². The highest BCUT2D eigenvalue weighted by Crippen LogP contribution is 2.40. The van der Waals surface area contributed by atoms with Crippen molar-refractivity contribution in [1.29, 1.82) is 0 Å². The Morgan fingerprint density at radius 1 is 1.30 bits per heavy atom. The monoisotopic (exact) mass is 409 g/mol. The minimum Gasteiger partial charge on any atom is -0.415 e. The Balaban J connectivity index is 1.87. The summed E-state index contributed by atoms with van der Waals surface area (Å²) in [6, 6.07) is 0.702. The zero-order valence-corrected chi connectivity index (χ0v) is 17.1. The number of halogens is 1. The van der Waals surface area contributed by atoms with Crippen LogP contribution in [0.15, 0.2) is 0 Å². The molecule has 0 aromatic heterocycles. The van der Waals surface area contributed by atoms with Crippen LogP contribution in [0.25, 0.3) is 0 Å². The predicted octanol–water partition coefficient (Wildman–Crippen LogP) is 4.54. The zero-order valence-electron chi connectivity index (χ0n) is 13.9. The van der Waals surface area contributed by atoms with Crippen LogP contribution in [0.1, 0.15) is 40.0 Å². The first kappa shape index (κ1) is 17.2. The maximum atomic E-state index is 6.48. The van der Waals surface area contributed by atoms with Crippen LogP contribution in [-0.2, 0) is 4.43 Å². The Morgan fingerprint density at radius 3 is 2.50 bits per heavy atom. The molecule has 0 aromatic rings. The minimum atomic E-state index is -1.58. The van der Waals surface area contributed by atoms with Crippen molar-refractivity contribution in [2.75, 3.05) is 24.1 Å². The van der Waals surface area contributed by atoms with Gasteiger partial charge < -0.3 is 4.43 Å². The maximum Gasteiger partial charge on any atom is 0.192 e. The van der Waals surface area contributed by atoms with Gasteiger partial charge in [-0.1, -0.05) is 43.4 Å². The van der Waals surface area contributed by atoms with Gasteiger partial charge in [0.05, 0.1) is 0 Å². The highest BCUT2D eigenvalue weighted by atomic mass is 127. The van der Waals surface area contributed by atoms with E-state index in [1.165, 1.54) is 36.8 Å². The Kier molecular flexibility index (Phi) is 5.64. The summed E-state index contributed by atoms with van der Waals surface area (Å²) in [7, 11) is -1.58. The summed E-state index contributed by atoms with van der Waals surface area (Å²) in [5.41, 5.74) is 0.